The van der Waals surface area contributed by atoms with Gasteiger partial charge in [0.15, 0.2) is 5.69 Å². The Hall–Kier alpha value is -2.44. The molecule has 2 rings (SSSR count). The third kappa shape index (κ3) is 1.39. The average Bonchev–Trinajstić information content (AvgIpc) is 2.59. The van der Waals surface area contributed by atoms with Crippen molar-refractivity contribution in [3.05, 3.63) is 23.5 Å². The zero-order chi connectivity index (χ0) is 11.0. The number of nitrogens with two attached hydrogens (primary N) is 2. The summed E-state index contributed by atoms with van der Waals surface area (Å²) in [6.45, 7) is 0. The third-order valence-electron chi connectivity index (χ3n) is 1.92. The van der Waals surface area contributed by atoms with Gasteiger partial charge in [0.25, 0.3) is 11.8 Å². The minimum Gasteiger partial charge on any atom is -0.364 e. The van der Waals surface area contributed by atoms with Crippen LogP contribution in [0.5, 0.6) is 0 Å². The number of rotatable bonds is 2. The molecular formula is C8H7N5O2. The molecule has 7 heteroatoms. The van der Waals surface area contributed by atoms with Crippen LogP contribution in [0.1, 0.15) is 21.0 Å². The van der Waals surface area contributed by atoms with Gasteiger partial charge in [-0.3, -0.25) is 9.59 Å². The minimum atomic E-state index is -0.713. The van der Waals surface area contributed by atoms with Crippen LogP contribution in [-0.4, -0.2) is 27.0 Å². The van der Waals surface area contributed by atoms with E-state index in [1.54, 1.807) is 0 Å². The summed E-state index contributed by atoms with van der Waals surface area (Å²) in [4.78, 5) is 24.5. The predicted octanol–water partition coefficient (Wildman–Crippen LogP) is -0.893. The number of aromatic amines is 1. The van der Waals surface area contributed by atoms with E-state index in [2.05, 4.69) is 15.2 Å². The van der Waals surface area contributed by atoms with Gasteiger partial charge in [-0.15, -0.1) is 10.2 Å². The first kappa shape index (κ1) is 9.13. The lowest BCUT2D eigenvalue weighted by atomic mass is 10.2. The molecule has 7 nitrogen and oxygen atoms in total. The topological polar surface area (TPSA) is 128 Å². The molecule has 0 aliphatic carbocycles. The zero-order valence-corrected chi connectivity index (χ0v) is 7.52. The second kappa shape index (κ2) is 3.05. The number of nitrogens with one attached hydrogen (secondary N) is 1. The Labute approximate surface area is 83.8 Å². The van der Waals surface area contributed by atoms with Gasteiger partial charge >= 0.3 is 0 Å². The number of H-pyrrole nitrogens is 1. The van der Waals surface area contributed by atoms with Gasteiger partial charge in [0.05, 0.1) is 0 Å². The number of hydrogen-bond donors (Lipinski definition) is 3. The van der Waals surface area contributed by atoms with Crippen molar-refractivity contribution >= 4 is 11.8 Å². The van der Waals surface area contributed by atoms with Crippen LogP contribution in [-0.2, 0) is 0 Å². The molecule has 0 spiro atoms. The number of carbonyl (C=O) groups is 2. The zero-order valence-electron chi connectivity index (χ0n) is 7.52. The lowest BCUT2D eigenvalue weighted by molar-refractivity contribution is 0.0984. The number of pyridine rings is 1. The van der Waals surface area contributed by atoms with Crippen LogP contribution in [0.15, 0.2) is 12.1 Å². The van der Waals surface area contributed by atoms with Gasteiger partial charge in [-0.1, -0.05) is 0 Å². The van der Waals surface area contributed by atoms with E-state index in [0.29, 0.717) is 11.4 Å². The largest absolute Gasteiger partial charge is 0.364 e. The second-order valence-electron chi connectivity index (χ2n) is 2.91. The fourth-order valence-electron chi connectivity index (χ4n) is 1.22. The maximum atomic E-state index is 10.9. The van der Waals surface area contributed by atoms with Crippen molar-refractivity contribution in [2.45, 2.75) is 0 Å². The summed E-state index contributed by atoms with van der Waals surface area (Å²) < 4.78 is 0. The summed E-state index contributed by atoms with van der Waals surface area (Å²) in [5.41, 5.74) is 11.1. The second-order valence-corrected chi connectivity index (χ2v) is 2.91. The molecule has 0 bridgehead atoms. The van der Waals surface area contributed by atoms with Crippen LogP contribution in [0.25, 0.3) is 11.4 Å². The van der Waals surface area contributed by atoms with Crippen LogP contribution in [0, 0.1) is 0 Å². The predicted molar refractivity (Wildman–Crippen MR) is 50.0 cm³/mol. The summed E-state index contributed by atoms with van der Waals surface area (Å²) in [6, 6.07) is 3.00. The van der Waals surface area contributed by atoms with Gasteiger partial charge in [-0.05, 0) is 12.1 Å². The Kier molecular flexibility index (Phi) is 1.86. The van der Waals surface area contributed by atoms with Crippen molar-refractivity contribution in [1.29, 1.82) is 0 Å². The number of hydrogen-bond acceptors (Lipinski definition) is 4. The smallest absolute Gasteiger partial charge is 0.271 e. The van der Waals surface area contributed by atoms with E-state index in [4.69, 9.17) is 11.5 Å². The lowest BCUT2D eigenvalue weighted by Crippen LogP contribution is -2.16. The van der Waals surface area contributed by atoms with E-state index in [0.717, 1.165) is 0 Å². The highest BCUT2D eigenvalue weighted by Crippen LogP contribution is 2.20. The molecule has 15 heavy (non-hydrogen) atoms. The normalized spacial score (nSPS) is 10.4. The highest BCUT2D eigenvalue weighted by molar-refractivity contribution is 5.98. The number of nitrogens with zero attached hydrogens (tertiary/aromatic N) is 2. The fraction of sp³-hybridized carbons (Fsp3) is 0. The van der Waals surface area contributed by atoms with E-state index in [1.165, 1.54) is 12.1 Å². The van der Waals surface area contributed by atoms with E-state index >= 15 is 0 Å². The van der Waals surface area contributed by atoms with E-state index in [9.17, 15) is 9.59 Å². The molecule has 2 heterocycles. The summed E-state index contributed by atoms with van der Waals surface area (Å²) >= 11 is 0. The molecule has 0 fully saturated rings. The quantitative estimate of drug-likeness (QED) is 0.587. The number of amides is 2. The van der Waals surface area contributed by atoms with Gasteiger partial charge in [-0.2, -0.15) is 0 Å². The maximum Gasteiger partial charge on any atom is 0.271 e. The Bertz CT molecular complexity index is 518. The van der Waals surface area contributed by atoms with Gasteiger partial charge in [-0.25, -0.2) is 0 Å². The van der Waals surface area contributed by atoms with E-state index in [1.807, 2.05) is 0 Å². The highest BCUT2D eigenvalue weighted by atomic mass is 16.1. The number of fused-ring (bicyclic) bond motifs is 1. The van der Waals surface area contributed by atoms with Crippen LogP contribution in [0.2, 0.25) is 0 Å². The van der Waals surface area contributed by atoms with Crippen LogP contribution in [0.4, 0.5) is 0 Å². The lowest BCUT2D eigenvalue weighted by Gasteiger charge is -2.01. The minimum absolute atomic E-state index is 0.00639. The molecule has 0 aromatic heterocycles. The van der Waals surface area contributed by atoms with Crippen molar-refractivity contribution in [3.8, 4) is 11.4 Å². The molecule has 2 amide bonds. The monoisotopic (exact) mass is 205 g/mol. The van der Waals surface area contributed by atoms with Gasteiger partial charge in [0, 0.05) is 0 Å². The number of carbonyl (C=O) groups excluding carboxylic acids is 2. The molecule has 0 saturated heterocycles. The Morgan fingerprint density at radius 2 is 1.87 bits per heavy atom. The number of primary amides is 2. The molecule has 76 valence electrons. The van der Waals surface area contributed by atoms with Crippen molar-refractivity contribution in [2.75, 3.05) is 0 Å². The van der Waals surface area contributed by atoms with Gasteiger partial charge in [0.2, 0.25) is 0 Å². The van der Waals surface area contributed by atoms with E-state index < -0.39 is 11.8 Å². The molecule has 0 saturated carbocycles. The summed E-state index contributed by atoms with van der Waals surface area (Å²) in [5.74, 6) is -1.34. The first-order chi connectivity index (χ1) is 7.09. The summed E-state index contributed by atoms with van der Waals surface area (Å²) in [5, 5.41) is 7.29. The molecule has 0 radical (unpaired) electrons. The fourth-order valence-corrected chi connectivity index (χ4v) is 1.22. The van der Waals surface area contributed by atoms with Crippen LogP contribution < -0.4 is 11.5 Å². The molecule has 0 aromatic carbocycles. The van der Waals surface area contributed by atoms with Crippen molar-refractivity contribution < 1.29 is 9.59 Å². The molecular weight excluding hydrogens is 198 g/mol. The Balaban J connectivity index is 2.66. The van der Waals surface area contributed by atoms with Crippen LogP contribution >= 0.6 is 0 Å². The standard InChI is InChI=1S/C8H7N5O2/c9-7(14)4-2-1-3-5(11-4)6(8(10)15)13-12-3/h1-2,11H,(H2,9,14)(H2,10,15). The van der Waals surface area contributed by atoms with Crippen molar-refractivity contribution in [1.82, 2.24) is 15.2 Å². The Morgan fingerprint density at radius 3 is 2.47 bits per heavy atom. The first-order valence-corrected chi connectivity index (χ1v) is 4.04. The summed E-state index contributed by atoms with van der Waals surface area (Å²) in [7, 11) is 0. The molecule has 2 aliphatic heterocycles. The summed E-state index contributed by atoms with van der Waals surface area (Å²) in [6.07, 6.45) is 0. The molecule has 2 aliphatic rings. The maximum absolute atomic E-state index is 10.9. The molecule has 0 unspecified atom stereocenters. The number of aromatic nitrogens is 3. The Morgan fingerprint density at radius 1 is 1.13 bits per heavy atom. The highest BCUT2D eigenvalue weighted by Gasteiger charge is 2.19. The molecule has 0 aromatic rings. The third-order valence-corrected chi connectivity index (χ3v) is 1.92. The SMILES string of the molecule is NC(=O)c1ccc2nnc(C(N)=O)c-2[nH]1. The first-order valence-electron chi connectivity index (χ1n) is 4.04. The average molecular weight is 205 g/mol. The van der Waals surface area contributed by atoms with Gasteiger partial charge < -0.3 is 16.5 Å². The van der Waals surface area contributed by atoms with Crippen LogP contribution in [0.3, 0.4) is 0 Å². The van der Waals surface area contributed by atoms with Crippen molar-refractivity contribution in [2.24, 2.45) is 11.5 Å². The molecule has 5 N–H and O–H groups in total. The van der Waals surface area contributed by atoms with Gasteiger partial charge in [0.1, 0.15) is 17.1 Å². The van der Waals surface area contributed by atoms with E-state index in [-0.39, 0.29) is 11.4 Å². The van der Waals surface area contributed by atoms with Crippen molar-refractivity contribution in [3.63, 3.8) is 0 Å². The molecule has 0 atom stereocenters.